The highest BCUT2D eigenvalue weighted by atomic mass is 32.2. The molecule has 31 heavy (non-hydrogen) atoms. The van der Waals surface area contributed by atoms with Crippen molar-refractivity contribution in [1.29, 1.82) is 0 Å². The lowest BCUT2D eigenvalue weighted by atomic mass is 10.3. The fraction of sp³-hybridized carbons (Fsp3) is 0.500. The molecule has 2 aliphatic heterocycles. The molecule has 3 heterocycles. The van der Waals surface area contributed by atoms with E-state index in [1.807, 2.05) is 17.9 Å². The molecule has 0 N–H and O–H groups in total. The third-order valence-electron chi connectivity index (χ3n) is 5.45. The van der Waals surface area contributed by atoms with Gasteiger partial charge in [0.25, 0.3) is 0 Å². The van der Waals surface area contributed by atoms with Crippen molar-refractivity contribution in [1.82, 2.24) is 14.3 Å². The van der Waals surface area contributed by atoms with Crippen molar-refractivity contribution in [2.24, 2.45) is 0 Å². The molecule has 2 saturated heterocycles. The van der Waals surface area contributed by atoms with Gasteiger partial charge in [-0.3, -0.25) is 0 Å². The molecule has 4 rings (SSSR count). The van der Waals surface area contributed by atoms with Gasteiger partial charge in [-0.25, -0.2) is 17.8 Å². The van der Waals surface area contributed by atoms with Crippen molar-refractivity contribution in [3.8, 4) is 5.75 Å². The van der Waals surface area contributed by atoms with E-state index in [1.165, 1.54) is 23.5 Å². The number of halogens is 1. The van der Waals surface area contributed by atoms with Crippen LogP contribution in [-0.4, -0.2) is 82.3 Å². The van der Waals surface area contributed by atoms with Crippen LogP contribution in [0.4, 0.5) is 16.2 Å². The molecule has 0 amide bonds. The molecule has 0 aliphatic carbocycles. The van der Waals surface area contributed by atoms with Crippen LogP contribution in [-0.2, 0) is 14.8 Å². The maximum Gasteiger partial charge on any atom is 0.243 e. The first-order chi connectivity index (χ1) is 14.9. The van der Waals surface area contributed by atoms with Crippen LogP contribution in [0.25, 0.3) is 0 Å². The minimum absolute atomic E-state index is 0.0106. The lowest BCUT2D eigenvalue weighted by molar-refractivity contribution is 0.122. The minimum atomic E-state index is -3.80. The number of hydrogen-bond donors (Lipinski definition) is 0. The zero-order valence-electron chi connectivity index (χ0n) is 17.6. The standard InChI is InChI=1S/C20H26FN5O4S/c1-15-13-19(24-9-11-30-12-10-24)23-20(22-15)25-5-7-26(8-6-25)31(27,28)16-3-4-18(29-2)17(21)14-16/h3-4,13-14H,5-12H2,1-2H3. The number of nitrogens with zero attached hydrogens (tertiary/aromatic N) is 5. The van der Waals surface area contributed by atoms with Gasteiger partial charge in [-0.2, -0.15) is 9.29 Å². The van der Waals surface area contributed by atoms with Gasteiger partial charge in [0.15, 0.2) is 11.6 Å². The largest absolute Gasteiger partial charge is 0.494 e. The normalized spacial score (nSPS) is 18.3. The predicted octanol–water partition coefficient (Wildman–Crippen LogP) is 1.28. The van der Waals surface area contributed by atoms with E-state index in [0.717, 1.165) is 30.7 Å². The Kier molecular flexibility index (Phi) is 6.26. The molecule has 0 bridgehead atoms. The average Bonchev–Trinajstić information content (AvgIpc) is 2.79. The van der Waals surface area contributed by atoms with E-state index in [-0.39, 0.29) is 23.7 Å². The Balaban J connectivity index is 1.47. The number of aromatic nitrogens is 2. The summed E-state index contributed by atoms with van der Waals surface area (Å²) in [6, 6.07) is 5.64. The van der Waals surface area contributed by atoms with Gasteiger partial charge < -0.3 is 19.3 Å². The second kappa shape index (κ2) is 8.93. The summed E-state index contributed by atoms with van der Waals surface area (Å²) >= 11 is 0. The number of ether oxygens (including phenoxy) is 2. The maximum absolute atomic E-state index is 14.0. The Morgan fingerprint density at radius 3 is 2.35 bits per heavy atom. The Morgan fingerprint density at radius 2 is 1.71 bits per heavy atom. The maximum atomic E-state index is 14.0. The molecule has 2 aliphatic rings. The zero-order valence-corrected chi connectivity index (χ0v) is 18.4. The molecule has 168 valence electrons. The number of benzene rings is 1. The minimum Gasteiger partial charge on any atom is -0.494 e. The van der Waals surface area contributed by atoms with Crippen LogP contribution in [0, 0.1) is 12.7 Å². The zero-order chi connectivity index (χ0) is 22.0. The van der Waals surface area contributed by atoms with Gasteiger partial charge in [-0.05, 0) is 25.1 Å². The van der Waals surface area contributed by atoms with E-state index in [1.54, 1.807) is 0 Å². The molecule has 0 radical (unpaired) electrons. The van der Waals surface area contributed by atoms with E-state index >= 15 is 0 Å². The molecule has 0 saturated carbocycles. The number of morpholine rings is 1. The lowest BCUT2D eigenvalue weighted by Gasteiger charge is -2.35. The monoisotopic (exact) mass is 451 g/mol. The predicted molar refractivity (Wildman–Crippen MR) is 114 cm³/mol. The number of rotatable bonds is 5. The topological polar surface area (TPSA) is 88.1 Å². The number of piperazine rings is 1. The molecular formula is C20H26FN5O4S. The van der Waals surface area contributed by atoms with E-state index in [0.29, 0.717) is 32.3 Å². The van der Waals surface area contributed by atoms with Crippen LogP contribution < -0.4 is 14.5 Å². The number of methoxy groups -OCH3 is 1. The Labute approximate surface area is 181 Å². The Bertz CT molecular complexity index is 1040. The summed E-state index contributed by atoms with van der Waals surface area (Å²) in [7, 11) is -2.46. The van der Waals surface area contributed by atoms with E-state index in [2.05, 4.69) is 9.88 Å². The first-order valence-corrected chi connectivity index (χ1v) is 11.6. The van der Waals surface area contributed by atoms with Crippen LogP contribution in [0.15, 0.2) is 29.2 Å². The molecule has 1 aromatic heterocycles. The third kappa shape index (κ3) is 4.58. The van der Waals surface area contributed by atoms with Crippen molar-refractivity contribution in [2.45, 2.75) is 11.8 Å². The van der Waals surface area contributed by atoms with Gasteiger partial charge in [-0.15, -0.1) is 0 Å². The molecule has 0 unspecified atom stereocenters. The van der Waals surface area contributed by atoms with Gasteiger partial charge in [0.05, 0.1) is 25.2 Å². The van der Waals surface area contributed by atoms with Gasteiger partial charge in [0.2, 0.25) is 16.0 Å². The molecule has 1 aromatic carbocycles. The molecule has 9 nitrogen and oxygen atoms in total. The van der Waals surface area contributed by atoms with Crippen LogP contribution in [0.1, 0.15) is 5.69 Å². The van der Waals surface area contributed by atoms with Crippen molar-refractivity contribution < 1.29 is 22.3 Å². The second-order valence-electron chi connectivity index (χ2n) is 7.45. The number of anilines is 2. The SMILES string of the molecule is COc1ccc(S(=O)(=O)N2CCN(c3nc(C)cc(N4CCOCC4)n3)CC2)cc1F. The van der Waals surface area contributed by atoms with E-state index in [4.69, 9.17) is 14.5 Å². The summed E-state index contributed by atoms with van der Waals surface area (Å²) in [5.41, 5.74) is 0.857. The fourth-order valence-electron chi connectivity index (χ4n) is 3.72. The smallest absolute Gasteiger partial charge is 0.243 e. The third-order valence-corrected chi connectivity index (χ3v) is 7.34. The summed E-state index contributed by atoms with van der Waals surface area (Å²) in [6.45, 7) is 6.24. The molecule has 11 heteroatoms. The molecule has 0 spiro atoms. The fourth-order valence-corrected chi connectivity index (χ4v) is 5.15. The molecule has 2 fully saturated rings. The van der Waals surface area contributed by atoms with Crippen LogP contribution >= 0.6 is 0 Å². The number of hydrogen-bond acceptors (Lipinski definition) is 8. The van der Waals surface area contributed by atoms with Gasteiger partial charge >= 0.3 is 0 Å². The average molecular weight is 452 g/mol. The van der Waals surface area contributed by atoms with Gasteiger partial charge in [-0.1, -0.05) is 0 Å². The van der Waals surface area contributed by atoms with Crippen molar-refractivity contribution in [2.75, 3.05) is 69.4 Å². The summed E-state index contributed by atoms with van der Waals surface area (Å²) in [6.07, 6.45) is 0. The first kappa shape index (κ1) is 21.7. The van der Waals surface area contributed by atoms with E-state index < -0.39 is 15.8 Å². The van der Waals surface area contributed by atoms with Crippen molar-refractivity contribution in [3.63, 3.8) is 0 Å². The quantitative estimate of drug-likeness (QED) is 0.672. The highest BCUT2D eigenvalue weighted by Crippen LogP contribution is 2.25. The second-order valence-corrected chi connectivity index (χ2v) is 9.39. The highest BCUT2D eigenvalue weighted by molar-refractivity contribution is 7.89. The Hall–Kier alpha value is -2.50. The van der Waals surface area contributed by atoms with Gasteiger partial charge in [0, 0.05) is 51.0 Å². The summed E-state index contributed by atoms with van der Waals surface area (Å²) in [4.78, 5) is 13.3. The summed E-state index contributed by atoms with van der Waals surface area (Å²) < 4.78 is 51.6. The van der Waals surface area contributed by atoms with Gasteiger partial charge in [0.1, 0.15) is 5.82 Å². The molecule has 2 aromatic rings. The molecular weight excluding hydrogens is 425 g/mol. The van der Waals surface area contributed by atoms with E-state index in [9.17, 15) is 12.8 Å². The number of aryl methyl sites for hydroxylation is 1. The highest BCUT2D eigenvalue weighted by Gasteiger charge is 2.30. The van der Waals surface area contributed by atoms with Crippen molar-refractivity contribution in [3.05, 3.63) is 35.8 Å². The first-order valence-electron chi connectivity index (χ1n) is 10.2. The lowest BCUT2D eigenvalue weighted by Crippen LogP contribution is -2.49. The summed E-state index contributed by atoms with van der Waals surface area (Å²) in [5, 5.41) is 0. The van der Waals surface area contributed by atoms with Crippen molar-refractivity contribution >= 4 is 21.8 Å². The Morgan fingerprint density at radius 1 is 1.00 bits per heavy atom. The molecule has 0 atom stereocenters. The number of sulfonamides is 1. The van der Waals surface area contributed by atoms with Crippen LogP contribution in [0.5, 0.6) is 5.75 Å². The van der Waals surface area contributed by atoms with Crippen LogP contribution in [0.3, 0.4) is 0 Å². The van der Waals surface area contributed by atoms with Crippen LogP contribution in [0.2, 0.25) is 0 Å². The summed E-state index contributed by atoms with van der Waals surface area (Å²) in [5.74, 6) is 0.756.